The minimum absolute atomic E-state index is 0.112. The number of carbonyl (C=O) groups excluding carboxylic acids is 5. The zero-order valence-electron chi connectivity index (χ0n) is 25.6. The summed E-state index contributed by atoms with van der Waals surface area (Å²) in [7, 11) is 1.34. The molecule has 1 aliphatic heterocycles. The van der Waals surface area contributed by atoms with E-state index in [1.165, 1.54) is 26.3 Å². The number of hydrogen-bond donors (Lipinski definition) is 1. The van der Waals surface area contributed by atoms with E-state index in [1.54, 1.807) is 39.8 Å². The van der Waals surface area contributed by atoms with Gasteiger partial charge in [-0.15, -0.1) is 0 Å². The summed E-state index contributed by atoms with van der Waals surface area (Å²) in [6.45, 7) is 6.98. The lowest BCUT2D eigenvalue weighted by Gasteiger charge is -2.29. The summed E-state index contributed by atoms with van der Waals surface area (Å²) >= 11 is 0. The molecule has 0 saturated carbocycles. The lowest BCUT2D eigenvalue weighted by atomic mass is 9.96. The largest absolute Gasteiger partial charge is 0.493 e. The van der Waals surface area contributed by atoms with Crippen molar-refractivity contribution in [3.63, 3.8) is 0 Å². The second-order valence-corrected chi connectivity index (χ2v) is 10.7. The smallest absolute Gasteiger partial charge is 0.332 e. The van der Waals surface area contributed by atoms with Crippen LogP contribution in [0, 0.1) is 17.8 Å². The Morgan fingerprint density at radius 2 is 1.68 bits per heavy atom. The predicted molar refractivity (Wildman–Crippen MR) is 153 cm³/mol. The summed E-state index contributed by atoms with van der Waals surface area (Å²) in [5.41, 5.74) is 0.487. The van der Waals surface area contributed by atoms with Crippen LogP contribution in [0.25, 0.3) is 0 Å². The van der Waals surface area contributed by atoms with Gasteiger partial charge in [0.15, 0.2) is 29.3 Å². The third-order valence-electron chi connectivity index (χ3n) is 6.65. The molecule has 1 N–H and O–H groups in total. The van der Waals surface area contributed by atoms with Crippen molar-refractivity contribution >= 4 is 29.8 Å². The van der Waals surface area contributed by atoms with Crippen LogP contribution in [0.15, 0.2) is 42.6 Å². The first kappa shape index (κ1) is 33.8. The maximum absolute atomic E-state index is 13.4. The van der Waals surface area contributed by atoms with Gasteiger partial charge in [0, 0.05) is 12.3 Å². The van der Waals surface area contributed by atoms with E-state index in [9.17, 15) is 24.0 Å². The van der Waals surface area contributed by atoms with Crippen LogP contribution in [0.4, 0.5) is 0 Å². The van der Waals surface area contributed by atoms with Gasteiger partial charge in [0.25, 0.3) is 5.91 Å². The molecule has 238 valence electrons. The normalized spacial score (nSPS) is 20.4. The quantitative estimate of drug-likeness (QED) is 0.222. The van der Waals surface area contributed by atoms with Crippen LogP contribution in [-0.4, -0.2) is 73.5 Å². The van der Waals surface area contributed by atoms with Crippen molar-refractivity contribution in [2.75, 3.05) is 20.5 Å². The SMILES string of the molecule is COc1ccnc(C(=O)N[C@H]2COC(=O)[C@H](C[13c]3[13cH][13cH][13cH][13cH][13cH]3)[C@@H](OC(=O)C(C)C)[C@H](C)OC2=O)c1OCOC(=O)C(C)C. The summed E-state index contributed by atoms with van der Waals surface area (Å²) in [6.07, 6.45) is -0.811. The van der Waals surface area contributed by atoms with Gasteiger partial charge in [0.05, 0.1) is 18.9 Å². The van der Waals surface area contributed by atoms with Crippen molar-refractivity contribution in [1.82, 2.24) is 10.3 Å². The Morgan fingerprint density at radius 1 is 1.00 bits per heavy atom. The van der Waals surface area contributed by atoms with Gasteiger partial charge in [-0.25, -0.2) is 9.78 Å². The number of nitrogens with one attached hydrogen (secondary N) is 1. The Labute approximate surface area is 255 Å². The van der Waals surface area contributed by atoms with Gasteiger partial charge in [0.1, 0.15) is 18.6 Å². The van der Waals surface area contributed by atoms with Crippen molar-refractivity contribution in [1.29, 1.82) is 0 Å². The Balaban J connectivity index is 1.85. The Hall–Kier alpha value is -4.68. The van der Waals surface area contributed by atoms with E-state index in [2.05, 4.69) is 10.3 Å². The molecule has 3 rings (SSSR count). The standard InChI is InChI=1S/C31H38N2O11/c1-17(2)28(35)42-16-41-26-23(39-6)12-13-32-24(26)27(34)33-22-15-40-30(37)21(14-20-10-8-7-9-11-20)25(19(5)43-31(22)38)44-29(36)18(3)4/h7-13,17-19,21-22,25H,14-16H2,1-6H3,(H,33,34)/t19-,21+,22-,25-/m0/s1/i7+1,8+1,9+1,10+1,11+1,20+1. The summed E-state index contributed by atoms with van der Waals surface area (Å²) < 4.78 is 32.6. The first-order chi connectivity index (χ1) is 20.9. The third-order valence-corrected chi connectivity index (χ3v) is 6.65. The number of nitrogens with zero attached hydrogens (tertiary/aromatic N) is 1. The van der Waals surface area contributed by atoms with Crippen molar-refractivity contribution in [2.24, 2.45) is 17.8 Å². The highest BCUT2D eigenvalue weighted by Gasteiger charge is 2.42. The van der Waals surface area contributed by atoms with Crippen molar-refractivity contribution in [3.8, 4) is 11.5 Å². The number of rotatable bonds is 11. The number of pyridine rings is 1. The van der Waals surface area contributed by atoms with Gasteiger partial charge in [0.2, 0.25) is 6.79 Å². The molecule has 0 bridgehead atoms. The van der Waals surface area contributed by atoms with E-state index in [4.69, 9.17) is 28.4 Å². The van der Waals surface area contributed by atoms with E-state index < -0.39 is 79.2 Å². The molecule has 1 amide bonds. The number of carbonyl (C=O) groups is 5. The molecule has 1 aliphatic rings. The van der Waals surface area contributed by atoms with Crippen LogP contribution in [0.2, 0.25) is 0 Å². The fraction of sp³-hybridized carbons (Fsp3) is 0.484. The highest BCUT2D eigenvalue weighted by atomic mass is 16.7. The van der Waals surface area contributed by atoms with Crippen molar-refractivity contribution in [3.05, 3.63) is 53.9 Å². The zero-order chi connectivity index (χ0) is 32.4. The Bertz CT molecular complexity index is 1330. The van der Waals surface area contributed by atoms with Gasteiger partial charge in [-0.3, -0.25) is 19.2 Å². The highest BCUT2D eigenvalue weighted by Crippen LogP contribution is 2.30. The maximum Gasteiger partial charge on any atom is 0.332 e. The van der Waals surface area contributed by atoms with Gasteiger partial charge in [-0.05, 0) is 18.9 Å². The molecule has 0 radical (unpaired) electrons. The molecule has 13 heteroatoms. The Morgan fingerprint density at radius 3 is 2.32 bits per heavy atom. The van der Waals surface area contributed by atoms with Crippen LogP contribution in [0.5, 0.6) is 11.5 Å². The number of hydrogen-bond acceptors (Lipinski definition) is 12. The summed E-state index contributed by atoms with van der Waals surface area (Å²) in [6, 6.07) is 9.03. The van der Waals surface area contributed by atoms with Crippen LogP contribution in [0.1, 0.15) is 50.7 Å². The first-order valence-corrected chi connectivity index (χ1v) is 14.2. The number of ether oxygens (including phenoxy) is 6. The molecule has 4 atom stereocenters. The van der Waals surface area contributed by atoms with Crippen LogP contribution < -0.4 is 14.8 Å². The number of cyclic esters (lactones) is 2. The second kappa shape index (κ2) is 15.7. The number of benzene rings is 1. The second-order valence-electron chi connectivity index (χ2n) is 10.7. The molecule has 1 aromatic carbocycles. The minimum atomic E-state index is -1.45. The summed E-state index contributed by atoms with van der Waals surface area (Å²) in [5, 5.41) is 2.46. The average Bonchev–Trinajstić information content (AvgIpc) is 3.03. The van der Waals surface area contributed by atoms with Gasteiger partial charge >= 0.3 is 23.9 Å². The fourth-order valence-corrected chi connectivity index (χ4v) is 4.18. The molecule has 1 fully saturated rings. The number of esters is 4. The Kier molecular flexibility index (Phi) is 12.1. The number of amides is 1. The molecule has 44 heavy (non-hydrogen) atoms. The van der Waals surface area contributed by atoms with Crippen LogP contribution >= 0.6 is 0 Å². The molecule has 0 unspecified atom stereocenters. The maximum atomic E-state index is 13.4. The summed E-state index contributed by atoms with van der Waals surface area (Å²) in [5.74, 6) is -5.61. The molecular formula is C31H38N2O11. The average molecular weight is 621 g/mol. The van der Waals surface area contributed by atoms with E-state index in [-0.39, 0.29) is 23.6 Å². The fourth-order valence-electron chi connectivity index (χ4n) is 4.18. The van der Waals surface area contributed by atoms with E-state index in [0.29, 0.717) is 0 Å². The lowest BCUT2D eigenvalue weighted by Crippen LogP contribution is -2.47. The van der Waals surface area contributed by atoms with E-state index in [0.717, 1.165) is 5.56 Å². The van der Waals surface area contributed by atoms with Gasteiger partial charge in [-0.1, -0.05) is 58.0 Å². The van der Waals surface area contributed by atoms with E-state index in [1.807, 2.05) is 18.2 Å². The third kappa shape index (κ3) is 8.91. The number of aromatic nitrogens is 1. The van der Waals surface area contributed by atoms with Gasteiger partial charge in [-0.2, -0.15) is 0 Å². The van der Waals surface area contributed by atoms with Crippen LogP contribution in [0.3, 0.4) is 0 Å². The highest BCUT2D eigenvalue weighted by molar-refractivity contribution is 5.98. The molecular weight excluding hydrogens is 582 g/mol. The van der Waals surface area contributed by atoms with Crippen molar-refractivity contribution < 1.29 is 52.4 Å². The van der Waals surface area contributed by atoms with E-state index >= 15 is 0 Å². The molecule has 2 aromatic rings. The minimum Gasteiger partial charge on any atom is -0.493 e. The predicted octanol–water partition coefficient (Wildman–Crippen LogP) is 2.64. The molecule has 13 nitrogen and oxygen atoms in total. The molecule has 1 saturated heterocycles. The first-order valence-electron chi connectivity index (χ1n) is 14.2. The topological polar surface area (TPSA) is 166 Å². The number of methoxy groups -OCH3 is 1. The molecule has 1 aromatic heterocycles. The lowest BCUT2D eigenvalue weighted by molar-refractivity contribution is -0.176. The van der Waals surface area contributed by atoms with Crippen molar-refractivity contribution in [2.45, 2.75) is 59.3 Å². The molecule has 0 aliphatic carbocycles. The van der Waals surface area contributed by atoms with Crippen LogP contribution in [-0.2, 0) is 44.5 Å². The zero-order valence-corrected chi connectivity index (χ0v) is 25.6. The molecule has 2 heterocycles. The monoisotopic (exact) mass is 620 g/mol. The molecule has 0 spiro atoms. The summed E-state index contributed by atoms with van der Waals surface area (Å²) in [4.78, 5) is 68.5. The van der Waals surface area contributed by atoms with Gasteiger partial charge < -0.3 is 33.7 Å².